The average Bonchev–Trinajstić information content (AvgIpc) is 2.89. The minimum Gasteiger partial charge on any atom is -0.370 e. The molecule has 19 heavy (non-hydrogen) atoms. The van der Waals surface area contributed by atoms with Gasteiger partial charge in [-0.1, -0.05) is 18.3 Å². The minimum atomic E-state index is -0.428. The maximum Gasteiger partial charge on any atom is 0.275 e. The first-order valence-electron chi connectivity index (χ1n) is 5.53. The van der Waals surface area contributed by atoms with Crippen molar-refractivity contribution < 1.29 is 4.92 Å². The van der Waals surface area contributed by atoms with Crippen LogP contribution in [0, 0.1) is 10.1 Å². The van der Waals surface area contributed by atoms with E-state index in [0.717, 1.165) is 13.0 Å². The second-order valence-electron chi connectivity index (χ2n) is 3.54. The van der Waals surface area contributed by atoms with Crippen molar-refractivity contribution >= 4 is 34.6 Å². The lowest BCUT2D eigenvalue weighted by Crippen LogP contribution is -2.03. The highest BCUT2D eigenvalue weighted by Crippen LogP contribution is 2.30. The molecule has 0 atom stereocenters. The standard InChI is InChI=1S/C10H11N5O2S2/c1-2-3-11-8-4-7(15(16)17)5-9(13-8)19-10-14-12-6-18-10/h4-6H,2-3H2,1H3,(H,11,13). The number of anilines is 1. The molecule has 100 valence electrons. The molecule has 0 saturated carbocycles. The summed E-state index contributed by atoms with van der Waals surface area (Å²) >= 11 is 2.63. The summed E-state index contributed by atoms with van der Waals surface area (Å²) in [6.45, 7) is 2.73. The molecule has 1 N–H and O–H groups in total. The van der Waals surface area contributed by atoms with Crippen LogP contribution in [0.5, 0.6) is 0 Å². The van der Waals surface area contributed by atoms with Gasteiger partial charge in [0.15, 0.2) is 4.34 Å². The van der Waals surface area contributed by atoms with Gasteiger partial charge in [-0.05, 0) is 18.2 Å². The molecule has 7 nitrogen and oxygen atoms in total. The summed E-state index contributed by atoms with van der Waals surface area (Å²) < 4.78 is 0.703. The Balaban J connectivity index is 2.25. The number of hydrogen-bond donors (Lipinski definition) is 1. The molecule has 0 unspecified atom stereocenters. The van der Waals surface area contributed by atoms with Crippen LogP contribution in [-0.4, -0.2) is 26.6 Å². The highest BCUT2D eigenvalue weighted by molar-refractivity contribution is 8.00. The quantitative estimate of drug-likeness (QED) is 0.647. The Bertz CT molecular complexity index is 561. The molecule has 2 aromatic rings. The van der Waals surface area contributed by atoms with Crippen LogP contribution < -0.4 is 5.32 Å². The third-order valence-corrected chi connectivity index (χ3v) is 3.78. The second kappa shape index (κ2) is 6.43. The number of hydrogen-bond acceptors (Lipinski definition) is 8. The average molecular weight is 297 g/mol. The van der Waals surface area contributed by atoms with Crippen molar-refractivity contribution in [2.24, 2.45) is 0 Å². The molecule has 0 radical (unpaired) electrons. The molecule has 0 aliphatic heterocycles. The van der Waals surface area contributed by atoms with Crippen molar-refractivity contribution in [3.05, 3.63) is 27.8 Å². The van der Waals surface area contributed by atoms with Crippen LogP contribution in [0.25, 0.3) is 0 Å². The fourth-order valence-corrected chi connectivity index (χ4v) is 2.74. The third kappa shape index (κ3) is 3.86. The van der Waals surface area contributed by atoms with E-state index in [4.69, 9.17) is 0 Å². The van der Waals surface area contributed by atoms with Gasteiger partial charge in [-0.3, -0.25) is 10.1 Å². The van der Waals surface area contributed by atoms with Gasteiger partial charge in [-0.25, -0.2) is 4.98 Å². The second-order valence-corrected chi connectivity index (χ2v) is 5.64. The van der Waals surface area contributed by atoms with E-state index < -0.39 is 4.92 Å². The Morgan fingerprint density at radius 2 is 2.37 bits per heavy atom. The first-order valence-corrected chi connectivity index (χ1v) is 7.23. The van der Waals surface area contributed by atoms with Gasteiger partial charge in [-0.2, -0.15) is 0 Å². The van der Waals surface area contributed by atoms with Crippen LogP contribution >= 0.6 is 23.1 Å². The lowest BCUT2D eigenvalue weighted by Gasteiger charge is -2.05. The molecule has 0 amide bonds. The van der Waals surface area contributed by atoms with Crippen molar-refractivity contribution in [1.29, 1.82) is 0 Å². The molecule has 2 rings (SSSR count). The maximum absolute atomic E-state index is 10.9. The van der Waals surface area contributed by atoms with E-state index in [9.17, 15) is 10.1 Å². The Morgan fingerprint density at radius 1 is 1.53 bits per heavy atom. The van der Waals surface area contributed by atoms with Crippen molar-refractivity contribution in [3.8, 4) is 0 Å². The maximum atomic E-state index is 10.9. The van der Waals surface area contributed by atoms with Crippen LogP contribution in [0.1, 0.15) is 13.3 Å². The van der Waals surface area contributed by atoms with E-state index >= 15 is 0 Å². The molecule has 0 bridgehead atoms. The number of nitro groups is 1. The number of nitrogens with one attached hydrogen (secondary N) is 1. The SMILES string of the molecule is CCCNc1cc([N+](=O)[O-])cc(Sc2nncs2)n1. The van der Waals surface area contributed by atoms with Crippen LogP contribution in [0.2, 0.25) is 0 Å². The predicted molar refractivity (Wildman–Crippen MR) is 73.7 cm³/mol. The van der Waals surface area contributed by atoms with E-state index in [2.05, 4.69) is 20.5 Å². The largest absolute Gasteiger partial charge is 0.370 e. The number of rotatable bonds is 6. The summed E-state index contributed by atoms with van der Waals surface area (Å²) in [6.07, 6.45) is 0.920. The van der Waals surface area contributed by atoms with E-state index in [1.807, 2.05) is 6.92 Å². The Labute approximate surface area is 117 Å². The molecule has 0 aromatic carbocycles. The van der Waals surface area contributed by atoms with Crippen molar-refractivity contribution in [3.63, 3.8) is 0 Å². The van der Waals surface area contributed by atoms with Gasteiger partial charge in [0.2, 0.25) is 0 Å². The molecule has 2 aromatic heterocycles. The predicted octanol–water partition coefficient (Wildman–Crippen LogP) is 2.81. The Hall–Kier alpha value is -1.74. The van der Waals surface area contributed by atoms with Crippen LogP contribution in [0.3, 0.4) is 0 Å². The van der Waals surface area contributed by atoms with Crippen LogP contribution in [-0.2, 0) is 0 Å². The first-order chi connectivity index (χ1) is 9.19. The van der Waals surface area contributed by atoms with E-state index in [1.54, 1.807) is 5.51 Å². The van der Waals surface area contributed by atoms with E-state index in [1.165, 1.54) is 35.2 Å². The van der Waals surface area contributed by atoms with Crippen LogP contribution in [0.4, 0.5) is 11.5 Å². The minimum absolute atomic E-state index is 0.0145. The summed E-state index contributed by atoms with van der Waals surface area (Å²) in [4.78, 5) is 14.8. The molecular formula is C10H11N5O2S2. The molecule has 9 heteroatoms. The summed E-state index contributed by atoms with van der Waals surface area (Å²) in [5.41, 5.74) is 1.62. The number of pyridine rings is 1. The molecular weight excluding hydrogens is 286 g/mol. The van der Waals surface area contributed by atoms with Gasteiger partial charge < -0.3 is 5.32 Å². The van der Waals surface area contributed by atoms with Crippen molar-refractivity contribution in [2.75, 3.05) is 11.9 Å². The monoisotopic (exact) mass is 297 g/mol. The number of aromatic nitrogens is 3. The lowest BCUT2D eigenvalue weighted by atomic mass is 10.4. The highest BCUT2D eigenvalue weighted by atomic mass is 32.2. The zero-order chi connectivity index (χ0) is 13.7. The fraction of sp³-hybridized carbons (Fsp3) is 0.300. The zero-order valence-corrected chi connectivity index (χ0v) is 11.7. The summed E-state index contributed by atoms with van der Waals surface area (Å²) in [5, 5.41) is 22.1. The smallest absolute Gasteiger partial charge is 0.275 e. The molecule has 0 aliphatic rings. The van der Waals surface area contributed by atoms with Crippen LogP contribution in [0.15, 0.2) is 27.0 Å². The molecule has 0 saturated heterocycles. The van der Waals surface area contributed by atoms with Gasteiger partial charge in [0.25, 0.3) is 5.69 Å². The van der Waals surface area contributed by atoms with Gasteiger partial charge >= 0.3 is 0 Å². The van der Waals surface area contributed by atoms with Crippen molar-refractivity contribution in [2.45, 2.75) is 22.7 Å². The van der Waals surface area contributed by atoms with Gasteiger partial charge in [0.1, 0.15) is 16.4 Å². The highest BCUT2D eigenvalue weighted by Gasteiger charge is 2.13. The van der Waals surface area contributed by atoms with Gasteiger partial charge in [0, 0.05) is 12.6 Å². The summed E-state index contributed by atoms with van der Waals surface area (Å²) in [5.74, 6) is 0.503. The lowest BCUT2D eigenvalue weighted by molar-refractivity contribution is -0.385. The van der Waals surface area contributed by atoms with Crippen molar-refractivity contribution in [1.82, 2.24) is 15.2 Å². The third-order valence-electron chi connectivity index (χ3n) is 2.09. The van der Waals surface area contributed by atoms with Gasteiger partial charge in [-0.15, -0.1) is 10.2 Å². The normalized spacial score (nSPS) is 10.4. The molecule has 0 fully saturated rings. The fourth-order valence-electron chi connectivity index (χ4n) is 1.29. The first kappa shape index (κ1) is 13.7. The summed E-state index contributed by atoms with van der Waals surface area (Å²) in [7, 11) is 0. The zero-order valence-electron chi connectivity index (χ0n) is 10.1. The Morgan fingerprint density at radius 3 is 3.00 bits per heavy atom. The molecule has 2 heterocycles. The topological polar surface area (TPSA) is 93.8 Å². The molecule has 0 aliphatic carbocycles. The molecule has 0 spiro atoms. The Kier molecular flexibility index (Phi) is 4.63. The van der Waals surface area contributed by atoms with E-state index in [-0.39, 0.29) is 5.69 Å². The van der Waals surface area contributed by atoms with Gasteiger partial charge in [0.05, 0.1) is 11.0 Å². The summed E-state index contributed by atoms with van der Waals surface area (Å²) in [6, 6.07) is 2.86. The van der Waals surface area contributed by atoms with E-state index in [0.29, 0.717) is 15.2 Å². The number of nitrogens with zero attached hydrogens (tertiary/aromatic N) is 4.